The SMILES string of the molecule is CC1CN(C2(CN)CC(C(C)C)C2)CC(C)S1. The molecule has 3 heteroatoms. The largest absolute Gasteiger partial charge is 0.329 e. The molecule has 0 radical (unpaired) electrons. The molecule has 1 aliphatic heterocycles. The highest BCUT2D eigenvalue weighted by Crippen LogP contribution is 2.47. The molecule has 2 atom stereocenters. The molecular weight excluding hydrogens is 228 g/mol. The normalized spacial score (nSPS) is 43.8. The van der Waals surface area contributed by atoms with Crippen LogP contribution in [0.15, 0.2) is 0 Å². The lowest BCUT2D eigenvalue weighted by Crippen LogP contribution is -2.65. The lowest BCUT2D eigenvalue weighted by molar-refractivity contribution is -0.0358. The summed E-state index contributed by atoms with van der Waals surface area (Å²) >= 11 is 2.13. The molecule has 1 heterocycles. The average molecular weight is 256 g/mol. The van der Waals surface area contributed by atoms with Crippen LogP contribution in [0.25, 0.3) is 0 Å². The van der Waals surface area contributed by atoms with Gasteiger partial charge in [0.05, 0.1) is 0 Å². The van der Waals surface area contributed by atoms with Crippen molar-refractivity contribution in [2.45, 2.75) is 56.6 Å². The van der Waals surface area contributed by atoms with Crippen LogP contribution < -0.4 is 5.73 Å². The Hall–Kier alpha value is 0.270. The fraction of sp³-hybridized carbons (Fsp3) is 1.00. The van der Waals surface area contributed by atoms with Crippen molar-refractivity contribution in [2.24, 2.45) is 17.6 Å². The molecule has 0 aromatic carbocycles. The van der Waals surface area contributed by atoms with Crippen LogP contribution >= 0.6 is 11.8 Å². The van der Waals surface area contributed by atoms with Gasteiger partial charge >= 0.3 is 0 Å². The van der Waals surface area contributed by atoms with Gasteiger partial charge in [0.15, 0.2) is 0 Å². The predicted molar refractivity (Wildman–Crippen MR) is 77.4 cm³/mol. The number of nitrogens with zero attached hydrogens (tertiary/aromatic N) is 1. The molecule has 0 aromatic rings. The second-order valence-electron chi connectivity index (χ2n) is 6.50. The van der Waals surface area contributed by atoms with Crippen LogP contribution in [0, 0.1) is 11.8 Å². The first-order valence-electron chi connectivity index (χ1n) is 7.07. The van der Waals surface area contributed by atoms with E-state index in [1.165, 1.54) is 25.9 Å². The van der Waals surface area contributed by atoms with Gasteiger partial charge in [-0.25, -0.2) is 0 Å². The Morgan fingerprint density at radius 3 is 2.18 bits per heavy atom. The zero-order chi connectivity index (χ0) is 12.6. The average Bonchev–Trinajstić information content (AvgIpc) is 2.14. The van der Waals surface area contributed by atoms with Gasteiger partial charge in [-0.05, 0) is 24.7 Å². The molecule has 0 aromatic heterocycles. The van der Waals surface area contributed by atoms with Gasteiger partial charge in [0, 0.05) is 35.7 Å². The van der Waals surface area contributed by atoms with E-state index in [1.54, 1.807) is 0 Å². The van der Waals surface area contributed by atoms with Crippen molar-refractivity contribution in [2.75, 3.05) is 19.6 Å². The highest BCUT2D eigenvalue weighted by molar-refractivity contribution is 8.00. The van der Waals surface area contributed by atoms with Crippen molar-refractivity contribution < 1.29 is 0 Å². The number of hydrogen-bond donors (Lipinski definition) is 1. The maximum Gasteiger partial charge on any atom is 0.0338 e. The van der Waals surface area contributed by atoms with E-state index in [1.807, 2.05) is 0 Å². The standard InChI is InChI=1S/C14H28N2S/c1-10(2)13-5-14(6-13,9-15)16-7-11(3)17-12(4)8-16/h10-13H,5-9,15H2,1-4H3. The summed E-state index contributed by atoms with van der Waals surface area (Å²) < 4.78 is 0. The third-order valence-corrected chi connectivity index (χ3v) is 5.92. The quantitative estimate of drug-likeness (QED) is 0.841. The molecule has 0 spiro atoms. The fourth-order valence-corrected chi connectivity index (χ4v) is 4.83. The summed E-state index contributed by atoms with van der Waals surface area (Å²) in [4.78, 5) is 2.71. The van der Waals surface area contributed by atoms with Gasteiger partial charge in [0.25, 0.3) is 0 Å². The maximum absolute atomic E-state index is 6.10. The molecule has 2 nitrogen and oxygen atoms in total. The second kappa shape index (κ2) is 5.10. The van der Waals surface area contributed by atoms with Gasteiger partial charge in [-0.3, -0.25) is 4.90 Å². The minimum atomic E-state index is 0.346. The molecule has 0 amide bonds. The molecule has 2 unspecified atom stereocenters. The summed E-state index contributed by atoms with van der Waals surface area (Å²) in [5.41, 5.74) is 6.45. The van der Waals surface area contributed by atoms with Gasteiger partial charge in [-0.2, -0.15) is 11.8 Å². The molecule has 1 aliphatic carbocycles. The first-order chi connectivity index (χ1) is 7.97. The van der Waals surface area contributed by atoms with Crippen LogP contribution in [0.5, 0.6) is 0 Å². The third kappa shape index (κ3) is 2.66. The zero-order valence-corrected chi connectivity index (χ0v) is 12.6. The van der Waals surface area contributed by atoms with Crippen LogP contribution in [-0.4, -0.2) is 40.6 Å². The lowest BCUT2D eigenvalue weighted by Gasteiger charge is -2.57. The summed E-state index contributed by atoms with van der Waals surface area (Å²) in [7, 11) is 0. The molecule has 2 N–H and O–H groups in total. The number of rotatable bonds is 3. The molecule has 2 fully saturated rings. The van der Waals surface area contributed by atoms with Crippen molar-refractivity contribution in [1.29, 1.82) is 0 Å². The zero-order valence-electron chi connectivity index (χ0n) is 11.8. The van der Waals surface area contributed by atoms with E-state index < -0.39 is 0 Å². The van der Waals surface area contributed by atoms with Crippen molar-refractivity contribution in [3.8, 4) is 0 Å². The maximum atomic E-state index is 6.10. The first kappa shape index (κ1) is 13.7. The molecule has 17 heavy (non-hydrogen) atoms. The van der Waals surface area contributed by atoms with Crippen LogP contribution in [0.1, 0.15) is 40.5 Å². The van der Waals surface area contributed by atoms with E-state index in [2.05, 4.69) is 44.4 Å². The summed E-state index contributed by atoms with van der Waals surface area (Å²) in [6.45, 7) is 12.7. The monoisotopic (exact) mass is 256 g/mol. The summed E-state index contributed by atoms with van der Waals surface area (Å²) in [6, 6.07) is 0. The Morgan fingerprint density at radius 1 is 1.24 bits per heavy atom. The first-order valence-corrected chi connectivity index (χ1v) is 8.01. The van der Waals surface area contributed by atoms with E-state index in [0.717, 1.165) is 28.9 Å². The molecule has 1 saturated carbocycles. The van der Waals surface area contributed by atoms with E-state index in [9.17, 15) is 0 Å². The fourth-order valence-electron chi connectivity index (χ4n) is 3.51. The Bertz CT molecular complexity index is 251. The van der Waals surface area contributed by atoms with Crippen molar-refractivity contribution in [3.05, 3.63) is 0 Å². The van der Waals surface area contributed by atoms with Crippen molar-refractivity contribution in [3.63, 3.8) is 0 Å². The predicted octanol–water partition coefficient (Wildman–Crippen LogP) is 2.58. The number of nitrogens with two attached hydrogens (primary N) is 1. The van der Waals surface area contributed by atoms with Crippen LogP contribution in [0.4, 0.5) is 0 Å². The third-order valence-electron chi connectivity index (χ3n) is 4.70. The van der Waals surface area contributed by atoms with E-state index in [-0.39, 0.29) is 0 Å². The van der Waals surface area contributed by atoms with E-state index in [0.29, 0.717) is 5.54 Å². The molecule has 0 bridgehead atoms. The molecule has 2 aliphatic rings. The van der Waals surface area contributed by atoms with Gasteiger partial charge in [0.1, 0.15) is 0 Å². The number of thioether (sulfide) groups is 1. The Labute approximate surface area is 111 Å². The summed E-state index contributed by atoms with van der Waals surface area (Å²) in [5, 5.41) is 1.53. The lowest BCUT2D eigenvalue weighted by atomic mass is 9.63. The van der Waals surface area contributed by atoms with Gasteiger partial charge in [-0.15, -0.1) is 0 Å². The molecule has 1 saturated heterocycles. The van der Waals surface area contributed by atoms with E-state index in [4.69, 9.17) is 5.73 Å². The summed E-state index contributed by atoms with van der Waals surface area (Å²) in [5.74, 6) is 1.72. The second-order valence-corrected chi connectivity index (χ2v) is 8.38. The van der Waals surface area contributed by atoms with Gasteiger partial charge in [-0.1, -0.05) is 27.7 Å². The smallest absolute Gasteiger partial charge is 0.0338 e. The van der Waals surface area contributed by atoms with E-state index >= 15 is 0 Å². The Kier molecular flexibility index (Phi) is 4.11. The van der Waals surface area contributed by atoms with Crippen LogP contribution in [0.3, 0.4) is 0 Å². The molecule has 100 valence electrons. The topological polar surface area (TPSA) is 29.3 Å². The molecular formula is C14H28N2S. The minimum Gasteiger partial charge on any atom is -0.329 e. The Morgan fingerprint density at radius 2 is 1.76 bits per heavy atom. The minimum absolute atomic E-state index is 0.346. The van der Waals surface area contributed by atoms with Crippen molar-refractivity contribution >= 4 is 11.8 Å². The summed E-state index contributed by atoms with van der Waals surface area (Å²) in [6.07, 6.45) is 2.65. The van der Waals surface area contributed by atoms with Crippen LogP contribution in [0.2, 0.25) is 0 Å². The van der Waals surface area contributed by atoms with Gasteiger partial charge in [0.2, 0.25) is 0 Å². The number of hydrogen-bond acceptors (Lipinski definition) is 3. The molecule has 2 rings (SSSR count). The highest BCUT2D eigenvalue weighted by atomic mass is 32.2. The highest BCUT2D eigenvalue weighted by Gasteiger charge is 2.49. The van der Waals surface area contributed by atoms with Gasteiger partial charge < -0.3 is 5.73 Å². The van der Waals surface area contributed by atoms with Crippen LogP contribution in [-0.2, 0) is 0 Å². The Balaban J connectivity index is 1.99. The van der Waals surface area contributed by atoms with Crippen molar-refractivity contribution in [1.82, 2.24) is 4.90 Å².